The number of aromatic nitrogens is 2. The Labute approximate surface area is 112 Å². The maximum atomic E-state index is 10.9. The van der Waals surface area contributed by atoms with Crippen molar-refractivity contribution in [1.82, 2.24) is 15.5 Å². The van der Waals surface area contributed by atoms with Crippen LogP contribution in [0.15, 0.2) is 35.1 Å². The molecule has 2 N–H and O–H groups in total. The summed E-state index contributed by atoms with van der Waals surface area (Å²) in [4.78, 5) is 10.5. The van der Waals surface area contributed by atoms with Gasteiger partial charge in [0, 0.05) is 41.0 Å². The summed E-state index contributed by atoms with van der Waals surface area (Å²) in [6.45, 7) is 1.04. The molecule has 0 saturated carbocycles. The summed E-state index contributed by atoms with van der Waals surface area (Å²) in [5.41, 5.74) is 1.78. The first-order chi connectivity index (χ1) is 8.66. The van der Waals surface area contributed by atoms with Crippen LogP contribution in [0.1, 0.15) is 11.1 Å². The molecule has 0 bridgehead atoms. The number of nitro benzene ring substituents is 1. The van der Waals surface area contributed by atoms with Gasteiger partial charge in [-0.1, -0.05) is 15.9 Å². The lowest BCUT2D eigenvalue weighted by atomic mass is 10.2. The van der Waals surface area contributed by atoms with Gasteiger partial charge in [0.2, 0.25) is 0 Å². The number of halogens is 1. The molecule has 0 atom stereocenters. The zero-order valence-electron chi connectivity index (χ0n) is 9.39. The highest BCUT2D eigenvalue weighted by atomic mass is 79.9. The maximum Gasteiger partial charge on any atom is 0.273 e. The van der Waals surface area contributed by atoms with Crippen molar-refractivity contribution >= 4 is 21.6 Å². The van der Waals surface area contributed by atoms with Crippen molar-refractivity contribution < 1.29 is 4.92 Å². The average Bonchev–Trinajstić information content (AvgIpc) is 2.82. The van der Waals surface area contributed by atoms with Gasteiger partial charge >= 0.3 is 0 Å². The molecule has 0 aliphatic heterocycles. The van der Waals surface area contributed by atoms with Crippen LogP contribution in [-0.4, -0.2) is 15.1 Å². The smallest absolute Gasteiger partial charge is 0.273 e. The zero-order valence-corrected chi connectivity index (χ0v) is 11.0. The average molecular weight is 311 g/mol. The van der Waals surface area contributed by atoms with Crippen LogP contribution in [0.2, 0.25) is 0 Å². The van der Waals surface area contributed by atoms with E-state index in [1.165, 1.54) is 6.07 Å². The summed E-state index contributed by atoms with van der Waals surface area (Å²) in [5.74, 6) is 0. The first-order valence-corrected chi connectivity index (χ1v) is 6.07. The number of rotatable bonds is 5. The van der Waals surface area contributed by atoms with Crippen molar-refractivity contribution in [3.8, 4) is 0 Å². The number of nitrogens with zero attached hydrogens (tertiary/aromatic N) is 2. The first-order valence-electron chi connectivity index (χ1n) is 5.28. The highest BCUT2D eigenvalue weighted by Crippen LogP contribution is 2.22. The molecule has 18 heavy (non-hydrogen) atoms. The van der Waals surface area contributed by atoms with Crippen LogP contribution in [0, 0.1) is 10.1 Å². The molecule has 0 aliphatic rings. The van der Waals surface area contributed by atoms with E-state index < -0.39 is 0 Å². The first kappa shape index (κ1) is 12.7. The molecule has 1 aromatic carbocycles. The van der Waals surface area contributed by atoms with Crippen LogP contribution >= 0.6 is 15.9 Å². The van der Waals surface area contributed by atoms with Crippen LogP contribution in [0.3, 0.4) is 0 Å². The van der Waals surface area contributed by atoms with E-state index in [0.717, 1.165) is 10.0 Å². The molecule has 1 heterocycles. The van der Waals surface area contributed by atoms with Crippen molar-refractivity contribution in [3.05, 3.63) is 56.3 Å². The Morgan fingerprint density at radius 2 is 2.28 bits per heavy atom. The van der Waals surface area contributed by atoms with Crippen LogP contribution < -0.4 is 5.32 Å². The largest absolute Gasteiger partial charge is 0.308 e. The summed E-state index contributed by atoms with van der Waals surface area (Å²) in [6.07, 6.45) is 3.49. The monoisotopic (exact) mass is 310 g/mol. The Balaban J connectivity index is 2.03. The molecular formula is C11H11BrN4O2. The summed E-state index contributed by atoms with van der Waals surface area (Å²) in [7, 11) is 0. The fourth-order valence-corrected chi connectivity index (χ4v) is 2.00. The minimum atomic E-state index is -0.374. The van der Waals surface area contributed by atoms with E-state index >= 15 is 0 Å². The Hall–Kier alpha value is -1.73. The molecule has 0 unspecified atom stereocenters. The van der Waals surface area contributed by atoms with Gasteiger partial charge in [-0.05, 0) is 12.1 Å². The summed E-state index contributed by atoms with van der Waals surface area (Å²) < 4.78 is 0.827. The SMILES string of the molecule is O=[N+]([O-])c1ccc(Br)cc1CNCc1cn[nH]c1. The third-order valence-corrected chi connectivity index (χ3v) is 2.93. The van der Waals surface area contributed by atoms with Crippen molar-refractivity contribution in [1.29, 1.82) is 0 Å². The zero-order chi connectivity index (χ0) is 13.0. The van der Waals surface area contributed by atoms with Crippen molar-refractivity contribution in [3.63, 3.8) is 0 Å². The molecular weight excluding hydrogens is 300 g/mol. The van der Waals surface area contributed by atoms with Crippen molar-refractivity contribution in [2.45, 2.75) is 13.1 Å². The number of hydrogen-bond donors (Lipinski definition) is 2. The van der Waals surface area contributed by atoms with Gasteiger partial charge in [-0.3, -0.25) is 15.2 Å². The molecule has 2 aromatic rings. The molecule has 0 fully saturated rings. The predicted molar refractivity (Wildman–Crippen MR) is 69.9 cm³/mol. The molecule has 0 radical (unpaired) electrons. The van der Waals surface area contributed by atoms with Gasteiger partial charge in [0.05, 0.1) is 11.1 Å². The molecule has 2 rings (SSSR count). The summed E-state index contributed by atoms with van der Waals surface area (Å²) in [6, 6.07) is 4.91. The van der Waals surface area contributed by atoms with Gasteiger partial charge in [0.15, 0.2) is 0 Å². The fourth-order valence-electron chi connectivity index (χ4n) is 1.59. The second-order valence-corrected chi connectivity index (χ2v) is 4.66. The van der Waals surface area contributed by atoms with E-state index in [1.54, 1.807) is 24.5 Å². The van der Waals surface area contributed by atoms with Gasteiger partial charge < -0.3 is 5.32 Å². The van der Waals surface area contributed by atoms with Gasteiger partial charge in [-0.2, -0.15) is 5.10 Å². The van der Waals surface area contributed by atoms with E-state index in [1.807, 2.05) is 0 Å². The second kappa shape index (κ2) is 5.74. The minimum Gasteiger partial charge on any atom is -0.308 e. The molecule has 0 aliphatic carbocycles. The van der Waals surface area contributed by atoms with E-state index in [9.17, 15) is 10.1 Å². The lowest BCUT2D eigenvalue weighted by molar-refractivity contribution is -0.385. The lowest BCUT2D eigenvalue weighted by Gasteiger charge is -2.05. The normalized spacial score (nSPS) is 10.5. The van der Waals surface area contributed by atoms with Gasteiger partial charge in [-0.15, -0.1) is 0 Å². The quantitative estimate of drug-likeness (QED) is 0.656. The molecule has 94 valence electrons. The van der Waals surface area contributed by atoms with Crippen LogP contribution in [0.5, 0.6) is 0 Å². The topological polar surface area (TPSA) is 83.8 Å². The molecule has 7 heteroatoms. The Kier molecular flexibility index (Phi) is 4.06. The highest BCUT2D eigenvalue weighted by Gasteiger charge is 2.13. The van der Waals surface area contributed by atoms with Crippen molar-refractivity contribution in [2.75, 3.05) is 0 Å². The number of hydrogen-bond acceptors (Lipinski definition) is 4. The Morgan fingerprint density at radius 1 is 1.44 bits per heavy atom. The molecule has 0 saturated heterocycles. The number of nitro groups is 1. The third kappa shape index (κ3) is 3.14. The molecule has 0 spiro atoms. The van der Waals surface area contributed by atoms with E-state index in [0.29, 0.717) is 18.7 Å². The Bertz CT molecular complexity index is 542. The van der Waals surface area contributed by atoms with E-state index in [4.69, 9.17) is 0 Å². The van der Waals surface area contributed by atoms with Gasteiger partial charge in [-0.25, -0.2) is 0 Å². The number of H-pyrrole nitrogens is 1. The molecule has 0 amide bonds. The summed E-state index contributed by atoms with van der Waals surface area (Å²) in [5, 5.41) is 20.6. The van der Waals surface area contributed by atoms with Crippen LogP contribution in [0.4, 0.5) is 5.69 Å². The predicted octanol–water partition coefficient (Wildman–Crippen LogP) is 2.37. The van der Waals surface area contributed by atoms with Gasteiger partial charge in [0.25, 0.3) is 5.69 Å². The van der Waals surface area contributed by atoms with E-state index in [-0.39, 0.29) is 10.6 Å². The molecule has 6 nitrogen and oxygen atoms in total. The van der Waals surface area contributed by atoms with Gasteiger partial charge in [0.1, 0.15) is 0 Å². The number of nitrogens with one attached hydrogen (secondary N) is 2. The second-order valence-electron chi connectivity index (χ2n) is 3.74. The number of benzene rings is 1. The van der Waals surface area contributed by atoms with Crippen LogP contribution in [0.25, 0.3) is 0 Å². The standard InChI is InChI=1S/C11H11BrN4O2/c12-10-1-2-11(16(17)18)9(3-10)7-13-4-8-5-14-15-6-8/h1-3,5-6,13H,4,7H2,(H,14,15). The highest BCUT2D eigenvalue weighted by molar-refractivity contribution is 9.10. The molecule has 1 aromatic heterocycles. The van der Waals surface area contributed by atoms with E-state index in [2.05, 4.69) is 31.4 Å². The minimum absolute atomic E-state index is 0.123. The summed E-state index contributed by atoms with van der Waals surface area (Å²) >= 11 is 3.31. The lowest BCUT2D eigenvalue weighted by Crippen LogP contribution is -2.13. The third-order valence-electron chi connectivity index (χ3n) is 2.44. The van der Waals surface area contributed by atoms with Crippen molar-refractivity contribution in [2.24, 2.45) is 0 Å². The Morgan fingerprint density at radius 3 is 2.94 bits per heavy atom. The maximum absolute atomic E-state index is 10.9. The van der Waals surface area contributed by atoms with Crippen LogP contribution in [-0.2, 0) is 13.1 Å². The fraction of sp³-hybridized carbons (Fsp3) is 0.182. The number of aromatic amines is 1.